The molecule has 0 atom stereocenters. The molecule has 7 nitrogen and oxygen atoms in total. The zero-order valence-electron chi connectivity index (χ0n) is 13.0. The van der Waals surface area contributed by atoms with Gasteiger partial charge in [-0.2, -0.15) is 0 Å². The highest BCUT2D eigenvalue weighted by Gasteiger charge is 2.19. The first-order chi connectivity index (χ1) is 10.8. The Bertz CT molecular complexity index is 819. The molecule has 0 aliphatic heterocycles. The van der Waals surface area contributed by atoms with Gasteiger partial charge in [-0.1, -0.05) is 29.3 Å². The van der Waals surface area contributed by atoms with E-state index < -0.39 is 16.5 Å². The minimum absolute atomic E-state index is 0.132. The van der Waals surface area contributed by atoms with Crippen LogP contribution in [0.2, 0.25) is 0 Å². The third-order valence-corrected chi connectivity index (χ3v) is 3.32. The third-order valence-electron chi connectivity index (χ3n) is 3.32. The molecule has 23 heavy (non-hydrogen) atoms. The molecule has 1 aromatic carbocycles. The second kappa shape index (κ2) is 6.43. The Morgan fingerprint density at radius 3 is 2.35 bits per heavy atom. The minimum Gasteiger partial charge on any atom is -0.465 e. The molecule has 0 N–H and O–H groups in total. The Balaban J connectivity index is 2.56. The van der Waals surface area contributed by atoms with Gasteiger partial charge in [-0.3, -0.25) is 14.9 Å². The topological polar surface area (TPSA) is 91.4 Å². The number of rotatable bonds is 4. The van der Waals surface area contributed by atoms with E-state index in [0.717, 1.165) is 40.6 Å². The van der Waals surface area contributed by atoms with Crippen LogP contribution in [0.1, 0.15) is 27.0 Å². The molecule has 0 unspecified atom stereocenters. The SMILES string of the molecule is COC(=O)c1cc([N+](=O)[O-])cn(Cc2cc(C)cc(C)c2)c1=O. The number of nitrogens with zero attached hydrogens (tertiary/aromatic N) is 2. The molecule has 2 aromatic rings. The van der Waals surface area contributed by atoms with Crippen LogP contribution in [0.15, 0.2) is 35.3 Å². The van der Waals surface area contributed by atoms with Crippen molar-refractivity contribution in [2.75, 3.05) is 7.11 Å². The first-order valence-electron chi connectivity index (χ1n) is 6.86. The summed E-state index contributed by atoms with van der Waals surface area (Å²) in [6.07, 6.45) is 1.13. The predicted molar refractivity (Wildman–Crippen MR) is 83.7 cm³/mol. The Kier molecular flexibility index (Phi) is 4.59. The summed E-state index contributed by atoms with van der Waals surface area (Å²) in [7, 11) is 1.12. The fraction of sp³-hybridized carbons (Fsp3) is 0.250. The van der Waals surface area contributed by atoms with E-state index in [1.54, 1.807) is 0 Å². The van der Waals surface area contributed by atoms with E-state index in [4.69, 9.17) is 0 Å². The lowest BCUT2D eigenvalue weighted by Gasteiger charge is -2.09. The number of benzene rings is 1. The van der Waals surface area contributed by atoms with Crippen molar-refractivity contribution in [1.82, 2.24) is 4.57 Å². The van der Waals surface area contributed by atoms with Gasteiger partial charge in [-0.25, -0.2) is 4.79 Å². The van der Waals surface area contributed by atoms with E-state index >= 15 is 0 Å². The minimum atomic E-state index is -0.895. The van der Waals surface area contributed by atoms with E-state index in [2.05, 4.69) is 4.74 Å². The lowest BCUT2D eigenvalue weighted by molar-refractivity contribution is -0.385. The normalized spacial score (nSPS) is 10.4. The fourth-order valence-electron chi connectivity index (χ4n) is 2.45. The second-order valence-corrected chi connectivity index (χ2v) is 5.29. The van der Waals surface area contributed by atoms with E-state index in [1.165, 1.54) is 0 Å². The zero-order chi connectivity index (χ0) is 17.1. The number of hydrogen-bond acceptors (Lipinski definition) is 5. The predicted octanol–water partition coefficient (Wildman–Crippen LogP) is 2.21. The number of aromatic nitrogens is 1. The summed E-state index contributed by atoms with van der Waals surface area (Å²) in [5.41, 5.74) is 1.54. The van der Waals surface area contributed by atoms with Crippen molar-refractivity contribution in [1.29, 1.82) is 0 Å². The van der Waals surface area contributed by atoms with E-state index in [9.17, 15) is 19.7 Å². The van der Waals surface area contributed by atoms with Crippen molar-refractivity contribution in [3.8, 4) is 0 Å². The number of aryl methyl sites for hydroxylation is 2. The highest BCUT2D eigenvalue weighted by molar-refractivity contribution is 5.89. The maximum absolute atomic E-state index is 12.4. The number of methoxy groups -OCH3 is 1. The van der Waals surface area contributed by atoms with Gasteiger partial charge in [0.2, 0.25) is 0 Å². The van der Waals surface area contributed by atoms with Gasteiger partial charge in [0, 0.05) is 6.07 Å². The number of esters is 1. The number of ether oxygens (including phenoxy) is 1. The molecular formula is C16H16N2O5. The summed E-state index contributed by atoms with van der Waals surface area (Å²) in [6, 6.07) is 6.69. The molecular weight excluding hydrogens is 300 g/mol. The number of hydrogen-bond donors (Lipinski definition) is 0. The number of nitro groups is 1. The van der Waals surface area contributed by atoms with Crippen molar-refractivity contribution in [3.63, 3.8) is 0 Å². The summed E-state index contributed by atoms with van der Waals surface area (Å²) in [5, 5.41) is 11.0. The molecule has 120 valence electrons. The molecule has 0 bridgehead atoms. The molecule has 2 rings (SSSR count). The lowest BCUT2D eigenvalue weighted by Crippen LogP contribution is -2.27. The van der Waals surface area contributed by atoms with E-state index in [0.29, 0.717) is 0 Å². The Morgan fingerprint density at radius 1 is 1.22 bits per heavy atom. The van der Waals surface area contributed by atoms with Crippen LogP contribution in [0, 0.1) is 24.0 Å². The van der Waals surface area contributed by atoms with Gasteiger partial charge in [0.1, 0.15) is 5.56 Å². The first-order valence-corrected chi connectivity index (χ1v) is 6.86. The molecule has 0 spiro atoms. The zero-order valence-corrected chi connectivity index (χ0v) is 13.0. The van der Waals surface area contributed by atoms with Gasteiger partial charge < -0.3 is 9.30 Å². The molecule has 0 saturated heterocycles. The van der Waals surface area contributed by atoms with Crippen LogP contribution in [0.3, 0.4) is 0 Å². The quantitative estimate of drug-likeness (QED) is 0.490. The Morgan fingerprint density at radius 2 is 1.83 bits per heavy atom. The molecule has 0 fully saturated rings. The fourth-order valence-corrected chi connectivity index (χ4v) is 2.45. The second-order valence-electron chi connectivity index (χ2n) is 5.29. The van der Waals surface area contributed by atoms with Crippen LogP contribution >= 0.6 is 0 Å². The largest absolute Gasteiger partial charge is 0.465 e. The smallest absolute Gasteiger partial charge is 0.343 e. The van der Waals surface area contributed by atoms with Gasteiger partial charge in [-0.15, -0.1) is 0 Å². The molecule has 7 heteroatoms. The maximum Gasteiger partial charge on any atom is 0.343 e. The van der Waals surface area contributed by atoms with Gasteiger partial charge >= 0.3 is 5.97 Å². The molecule has 0 amide bonds. The average Bonchev–Trinajstić information content (AvgIpc) is 2.47. The van der Waals surface area contributed by atoms with Crippen molar-refractivity contribution >= 4 is 11.7 Å². The maximum atomic E-state index is 12.4. The monoisotopic (exact) mass is 316 g/mol. The summed E-state index contributed by atoms with van der Waals surface area (Å²) in [4.78, 5) is 34.4. The number of carbonyl (C=O) groups is 1. The number of pyridine rings is 1. The van der Waals surface area contributed by atoms with Crippen LogP contribution in [0.25, 0.3) is 0 Å². The highest BCUT2D eigenvalue weighted by atomic mass is 16.6. The molecule has 0 saturated carbocycles. The lowest BCUT2D eigenvalue weighted by atomic mass is 10.1. The highest BCUT2D eigenvalue weighted by Crippen LogP contribution is 2.14. The van der Waals surface area contributed by atoms with Crippen molar-refractivity contribution < 1.29 is 14.5 Å². The number of carbonyl (C=O) groups excluding carboxylic acids is 1. The summed E-state index contributed by atoms with van der Waals surface area (Å²) >= 11 is 0. The summed E-state index contributed by atoms with van der Waals surface area (Å²) < 4.78 is 5.67. The standard InChI is InChI=1S/C16H16N2O5/c1-10-4-11(2)6-12(5-10)8-17-9-13(18(21)22)7-14(15(17)19)16(20)23-3/h4-7,9H,8H2,1-3H3. The third kappa shape index (κ3) is 3.63. The Hall–Kier alpha value is -2.96. The molecule has 0 aliphatic rings. The van der Waals surface area contributed by atoms with Crippen molar-refractivity contribution in [2.24, 2.45) is 0 Å². The molecule has 0 radical (unpaired) electrons. The van der Waals surface area contributed by atoms with Crippen molar-refractivity contribution in [2.45, 2.75) is 20.4 Å². The average molecular weight is 316 g/mol. The van der Waals surface area contributed by atoms with Gasteiger partial charge in [0.05, 0.1) is 24.8 Å². The summed E-state index contributed by atoms with van der Waals surface area (Å²) in [6.45, 7) is 3.98. The van der Waals surface area contributed by atoms with Gasteiger partial charge in [0.15, 0.2) is 0 Å². The van der Waals surface area contributed by atoms with Crippen LogP contribution in [0.4, 0.5) is 5.69 Å². The van der Waals surface area contributed by atoms with Crippen LogP contribution < -0.4 is 5.56 Å². The summed E-state index contributed by atoms with van der Waals surface area (Å²) in [5.74, 6) is -0.895. The van der Waals surface area contributed by atoms with Crippen LogP contribution in [0.5, 0.6) is 0 Å². The molecule has 0 aliphatic carbocycles. The van der Waals surface area contributed by atoms with E-state index in [-0.39, 0.29) is 17.8 Å². The first kappa shape index (κ1) is 16.4. The van der Waals surface area contributed by atoms with Gasteiger partial charge in [-0.05, 0) is 19.4 Å². The molecule has 1 aromatic heterocycles. The van der Waals surface area contributed by atoms with Gasteiger partial charge in [0.25, 0.3) is 11.2 Å². The van der Waals surface area contributed by atoms with E-state index in [1.807, 2.05) is 32.0 Å². The van der Waals surface area contributed by atoms with Crippen LogP contribution in [-0.4, -0.2) is 22.6 Å². The Labute approximate surface area is 132 Å². The molecule has 1 heterocycles. The van der Waals surface area contributed by atoms with Crippen molar-refractivity contribution in [3.05, 3.63) is 73.2 Å². The van der Waals surface area contributed by atoms with Crippen LogP contribution in [-0.2, 0) is 11.3 Å².